The summed E-state index contributed by atoms with van der Waals surface area (Å²) < 4.78 is 0. The molecular weight excluding hydrogens is 332 g/mol. The van der Waals surface area contributed by atoms with Crippen LogP contribution in [0.5, 0.6) is 0 Å². The summed E-state index contributed by atoms with van der Waals surface area (Å²) in [4.78, 5) is 34.3. The van der Waals surface area contributed by atoms with E-state index in [4.69, 9.17) is 5.11 Å². The van der Waals surface area contributed by atoms with Gasteiger partial charge < -0.3 is 15.7 Å². The van der Waals surface area contributed by atoms with E-state index < -0.39 is 5.97 Å². The van der Waals surface area contributed by atoms with Crippen molar-refractivity contribution in [3.8, 4) is 0 Å². The summed E-state index contributed by atoms with van der Waals surface area (Å²) in [5.74, 6) is -1.40. The smallest absolute Gasteiger partial charge is 0.305 e. The van der Waals surface area contributed by atoms with E-state index in [0.29, 0.717) is 24.1 Å². The summed E-state index contributed by atoms with van der Waals surface area (Å²) in [6.45, 7) is 2.09. The van der Waals surface area contributed by atoms with E-state index in [1.54, 1.807) is 24.3 Å². The van der Waals surface area contributed by atoms with Gasteiger partial charge in [-0.2, -0.15) is 0 Å². The average Bonchev–Trinajstić information content (AvgIpc) is 2.60. The number of carbonyl (C=O) groups is 3. The van der Waals surface area contributed by atoms with Crippen LogP contribution in [0.4, 0.5) is 5.69 Å². The Balaban J connectivity index is 1.81. The molecule has 0 aliphatic heterocycles. The normalized spacial score (nSPS) is 10.2. The van der Waals surface area contributed by atoms with E-state index >= 15 is 0 Å². The third-order valence-electron chi connectivity index (χ3n) is 3.78. The fourth-order valence-electron chi connectivity index (χ4n) is 2.44. The van der Waals surface area contributed by atoms with Crippen LogP contribution in [-0.2, 0) is 16.0 Å². The largest absolute Gasteiger partial charge is 0.481 e. The SMILES string of the molecule is Cc1cccc(CCC(=O)Nc2ccc(C(=O)NCCC(=O)O)cc2)c1. The summed E-state index contributed by atoms with van der Waals surface area (Å²) in [5, 5.41) is 13.9. The van der Waals surface area contributed by atoms with Crippen LogP contribution < -0.4 is 10.6 Å². The van der Waals surface area contributed by atoms with Crippen LogP contribution in [0.15, 0.2) is 48.5 Å². The highest BCUT2D eigenvalue weighted by atomic mass is 16.4. The number of anilines is 1. The molecule has 3 N–H and O–H groups in total. The molecule has 0 radical (unpaired) electrons. The lowest BCUT2D eigenvalue weighted by atomic mass is 10.1. The summed E-state index contributed by atoms with van der Waals surface area (Å²) >= 11 is 0. The van der Waals surface area contributed by atoms with Gasteiger partial charge in [0, 0.05) is 24.2 Å². The predicted molar refractivity (Wildman–Crippen MR) is 99.2 cm³/mol. The second-order valence-electron chi connectivity index (χ2n) is 6.01. The molecule has 0 aliphatic rings. The molecule has 0 saturated heterocycles. The van der Waals surface area contributed by atoms with Gasteiger partial charge in [-0.3, -0.25) is 14.4 Å². The lowest BCUT2D eigenvalue weighted by Gasteiger charge is -2.07. The zero-order chi connectivity index (χ0) is 18.9. The van der Waals surface area contributed by atoms with Gasteiger partial charge in [0.2, 0.25) is 5.91 Å². The number of carboxylic acids is 1. The Morgan fingerprint density at radius 2 is 1.73 bits per heavy atom. The number of hydrogen-bond donors (Lipinski definition) is 3. The molecule has 2 rings (SSSR count). The Morgan fingerprint density at radius 3 is 2.38 bits per heavy atom. The molecule has 0 saturated carbocycles. The van der Waals surface area contributed by atoms with Gasteiger partial charge in [-0.1, -0.05) is 29.8 Å². The van der Waals surface area contributed by atoms with Gasteiger partial charge in [0.25, 0.3) is 5.91 Å². The fraction of sp³-hybridized carbons (Fsp3) is 0.250. The van der Waals surface area contributed by atoms with E-state index in [9.17, 15) is 14.4 Å². The van der Waals surface area contributed by atoms with E-state index in [2.05, 4.69) is 16.7 Å². The van der Waals surface area contributed by atoms with Crippen molar-refractivity contribution >= 4 is 23.5 Å². The zero-order valence-corrected chi connectivity index (χ0v) is 14.6. The molecule has 0 aliphatic carbocycles. The van der Waals surface area contributed by atoms with Gasteiger partial charge in [0.15, 0.2) is 0 Å². The minimum atomic E-state index is -0.964. The molecule has 0 aromatic heterocycles. The number of amides is 2. The molecule has 0 bridgehead atoms. The van der Waals surface area contributed by atoms with Gasteiger partial charge in [-0.05, 0) is 43.2 Å². The van der Waals surface area contributed by atoms with Gasteiger partial charge >= 0.3 is 5.97 Å². The summed E-state index contributed by atoms with van der Waals surface area (Å²) in [5.41, 5.74) is 3.31. The van der Waals surface area contributed by atoms with Crippen LogP contribution in [0.1, 0.15) is 34.3 Å². The van der Waals surface area contributed by atoms with Gasteiger partial charge in [-0.15, -0.1) is 0 Å². The monoisotopic (exact) mass is 354 g/mol. The topological polar surface area (TPSA) is 95.5 Å². The minimum Gasteiger partial charge on any atom is -0.481 e. The molecule has 2 aromatic carbocycles. The standard InChI is InChI=1S/C20H22N2O4/c1-14-3-2-4-15(13-14)5-10-18(23)22-17-8-6-16(7-9-17)20(26)21-12-11-19(24)25/h2-4,6-9,13H,5,10-12H2,1H3,(H,21,26)(H,22,23)(H,24,25). The van der Waals surface area contributed by atoms with Crippen molar-refractivity contribution in [3.05, 3.63) is 65.2 Å². The third kappa shape index (κ3) is 6.39. The molecule has 26 heavy (non-hydrogen) atoms. The zero-order valence-electron chi connectivity index (χ0n) is 14.6. The Kier molecular flexibility index (Phi) is 6.91. The molecule has 6 heteroatoms. The number of hydrogen-bond acceptors (Lipinski definition) is 3. The second-order valence-corrected chi connectivity index (χ2v) is 6.01. The highest BCUT2D eigenvalue weighted by molar-refractivity contribution is 5.96. The maximum Gasteiger partial charge on any atom is 0.305 e. The Labute approximate surface area is 152 Å². The first kappa shape index (κ1) is 19.2. The fourth-order valence-corrected chi connectivity index (χ4v) is 2.44. The molecule has 0 heterocycles. The Morgan fingerprint density at radius 1 is 1.00 bits per heavy atom. The van der Waals surface area contributed by atoms with E-state index in [0.717, 1.165) is 5.56 Å². The number of aryl methyl sites for hydroxylation is 2. The molecule has 0 unspecified atom stereocenters. The number of aliphatic carboxylic acids is 1. The van der Waals surface area contributed by atoms with Crippen molar-refractivity contribution in [2.75, 3.05) is 11.9 Å². The van der Waals surface area contributed by atoms with Crippen molar-refractivity contribution in [1.82, 2.24) is 5.32 Å². The molecule has 2 aromatic rings. The molecule has 2 amide bonds. The predicted octanol–water partition coefficient (Wildman–Crippen LogP) is 2.77. The average molecular weight is 354 g/mol. The summed E-state index contributed by atoms with van der Waals surface area (Å²) in [6.07, 6.45) is 0.916. The Bertz CT molecular complexity index is 785. The van der Waals surface area contributed by atoms with Crippen LogP contribution in [0.3, 0.4) is 0 Å². The number of carboxylic acid groups (broad SMARTS) is 1. The maximum atomic E-state index is 12.0. The van der Waals surface area contributed by atoms with Crippen LogP contribution in [-0.4, -0.2) is 29.4 Å². The van der Waals surface area contributed by atoms with Crippen LogP contribution in [0.2, 0.25) is 0 Å². The highest BCUT2D eigenvalue weighted by Crippen LogP contribution is 2.11. The molecule has 6 nitrogen and oxygen atoms in total. The van der Waals surface area contributed by atoms with E-state index in [1.165, 1.54) is 5.56 Å². The first-order chi connectivity index (χ1) is 12.4. The first-order valence-electron chi connectivity index (χ1n) is 8.39. The lowest BCUT2D eigenvalue weighted by molar-refractivity contribution is -0.136. The summed E-state index contributed by atoms with van der Waals surface area (Å²) in [6, 6.07) is 14.5. The van der Waals surface area contributed by atoms with Crippen molar-refractivity contribution in [2.45, 2.75) is 26.2 Å². The minimum absolute atomic E-state index is 0.0750. The Hall–Kier alpha value is -3.15. The number of carbonyl (C=O) groups excluding carboxylic acids is 2. The van der Waals surface area contributed by atoms with Crippen molar-refractivity contribution in [2.24, 2.45) is 0 Å². The van der Waals surface area contributed by atoms with E-state index in [1.807, 2.05) is 25.1 Å². The van der Waals surface area contributed by atoms with Crippen LogP contribution in [0.25, 0.3) is 0 Å². The number of rotatable bonds is 8. The van der Waals surface area contributed by atoms with Crippen molar-refractivity contribution in [1.29, 1.82) is 0 Å². The number of benzene rings is 2. The highest BCUT2D eigenvalue weighted by Gasteiger charge is 2.07. The lowest BCUT2D eigenvalue weighted by Crippen LogP contribution is -2.25. The molecular formula is C20H22N2O4. The molecule has 0 spiro atoms. The van der Waals surface area contributed by atoms with Gasteiger partial charge in [-0.25, -0.2) is 0 Å². The number of nitrogens with one attached hydrogen (secondary N) is 2. The third-order valence-corrected chi connectivity index (χ3v) is 3.78. The first-order valence-corrected chi connectivity index (χ1v) is 8.39. The quantitative estimate of drug-likeness (QED) is 0.679. The molecule has 136 valence electrons. The molecule has 0 atom stereocenters. The van der Waals surface area contributed by atoms with Crippen LogP contribution in [0, 0.1) is 6.92 Å². The molecule has 0 fully saturated rings. The van der Waals surface area contributed by atoms with Crippen molar-refractivity contribution in [3.63, 3.8) is 0 Å². The van der Waals surface area contributed by atoms with Crippen molar-refractivity contribution < 1.29 is 19.5 Å². The maximum absolute atomic E-state index is 12.0. The second kappa shape index (κ2) is 9.36. The van der Waals surface area contributed by atoms with Gasteiger partial charge in [0.1, 0.15) is 0 Å². The van der Waals surface area contributed by atoms with Crippen LogP contribution >= 0.6 is 0 Å². The summed E-state index contributed by atoms with van der Waals surface area (Å²) in [7, 11) is 0. The van der Waals surface area contributed by atoms with Gasteiger partial charge in [0.05, 0.1) is 6.42 Å². The van der Waals surface area contributed by atoms with E-state index in [-0.39, 0.29) is 24.8 Å².